The minimum atomic E-state index is -0.280. The summed E-state index contributed by atoms with van der Waals surface area (Å²) in [5.41, 5.74) is 6.62. The Morgan fingerprint density at radius 2 is 2.22 bits per heavy atom. The minimum Gasteiger partial charge on any atom is -0.368 e. The molecule has 1 aliphatic heterocycles. The molecule has 0 aromatic heterocycles. The SMILES string of the molecule is NC(=O)[C@H](Cc1ccccc1)N[C@@H]1CCCNC1. The lowest BCUT2D eigenvalue weighted by atomic mass is 10.0. The van der Waals surface area contributed by atoms with Crippen LogP contribution in [-0.4, -0.2) is 31.1 Å². The average molecular weight is 247 g/mol. The number of benzene rings is 1. The highest BCUT2D eigenvalue weighted by Crippen LogP contribution is 2.07. The Labute approximate surface area is 108 Å². The van der Waals surface area contributed by atoms with Gasteiger partial charge in [-0.15, -0.1) is 0 Å². The molecule has 1 aliphatic rings. The van der Waals surface area contributed by atoms with Crippen LogP contribution < -0.4 is 16.4 Å². The predicted molar refractivity (Wildman–Crippen MR) is 72.2 cm³/mol. The van der Waals surface area contributed by atoms with E-state index in [2.05, 4.69) is 10.6 Å². The molecule has 4 heteroatoms. The van der Waals surface area contributed by atoms with Gasteiger partial charge in [0.1, 0.15) is 0 Å². The topological polar surface area (TPSA) is 67.2 Å². The number of carbonyl (C=O) groups is 1. The summed E-state index contributed by atoms with van der Waals surface area (Å²) in [5.74, 6) is -0.274. The van der Waals surface area contributed by atoms with Gasteiger partial charge in [0.15, 0.2) is 0 Å². The maximum absolute atomic E-state index is 11.5. The van der Waals surface area contributed by atoms with Crippen LogP contribution in [0.1, 0.15) is 18.4 Å². The van der Waals surface area contributed by atoms with Crippen LogP contribution in [0.25, 0.3) is 0 Å². The van der Waals surface area contributed by atoms with Crippen molar-refractivity contribution in [1.29, 1.82) is 0 Å². The molecule has 4 N–H and O–H groups in total. The third kappa shape index (κ3) is 3.82. The van der Waals surface area contributed by atoms with Crippen molar-refractivity contribution in [3.8, 4) is 0 Å². The van der Waals surface area contributed by atoms with Crippen molar-refractivity contribution in [2.45, 2.75) is 31.3 Å². The summed E-state index contributed by atoms with van der Waals surface area (Å²) in [6.45, 7) is 1.98. The van der Waals surface area contributed by atoms with Crippen molar-refractivity contribution in [3.05, 3.63) is 35.9 Å². The zero-order valence-electron chi connectivity index (χ0n) is 10.6. The van der Waals surface area contributed by atoms with E-state index in [9.17, 15) is 4.79 Å². The van der Waals surface area contributed by atoms with E-state index in [-0.39, 0.29) is 11.9 Å². The smallest absolute Gasteiger partial charge is 0.234 e. The molecule has 1 fully saturated rings. The third-order valence-corrected chi connectivity index (χ3v) is 3.36. The lowest BCUT2D eigenvalue weighted by Crippen LogP contribution is -2.52. The Morgan fingerprint density at radius 1 is 1.44 bits per heavy atom. The Kier molecular flexibility index (Phi) is 4.73. The van der Waals surface area contributed by atoms with E-state index in [1.807, 2.05) is 30.3 Å². The number of hydrogen-bond donors (Lipinski definition) is 3. The molecular formula is C14H21N3O. The number of carbonyl (C=O) groups excluding carboxylic acids is 1. The van der Waals surface area contributed by atoms with Gasteiger partial charge in [0.05, 0.1) is 6.04 Å². The number of nitrogens with one attached hydrogen (secondary N) is 2. The lowest BCUT2D eigenvalue weighted by Gasteiger charge is -2.27. The fourth-order valence-electron chi connectivity index (χ4n) is 2.37. The molecule has 1 heterocycles. The molecule has 1 saturated heterocycles. The molecule has 0 unspecified atom stereocenters. The van der Waals surface area contributed by atoms with Gasteiger partial charge in [-0.1, -0.05) is 30.3 Å². The van der Waals surface area contributed by atoms with Crippen LogP contribution in [-0.2, 0) is 11.2 Å². The van der Waals surface area contributed by atoms with E-state index < -0.39 is 0 Å². The van der Waals surface area contributed by atoms with Crippen LogP contribution in [0, 0.1) is 0 Å². The highest BCUT2D eigenvalue weighted by molar-refractivity contribution is 5.80. The van der Waals surface area contributed by atoms with Crippen LogP contribution in [0.4, 0.5) is 0 Å². The Bertz CT molecular complexity index is 374. The number of piperidine rings is 1. The lowest BCUT2D eigenvalue weighted by molar-refractivity contribution is -0.120. The quantitative estimate of drug-likeness (QED) is 0.706. The van der Waals surface area contributed by atoms with Crippen molar-refractivity contribution in [2.24, 2.45) is 5.73 Å². The molecule has 4 nitrogen and oxygen atoms in total. The van der Waals surface area contributed by atoms with E-state index in [1.165, 1.54) is 0 Å². The molecular weight excluding hydrogens is 226 g/mol. The highest BCUT2D eigenvalue weighted by Gasteiger charge is 2.21. The molecule has 1 amide bonds. The van der Waals surface area contributed by atoms with Crippen LogP contribution in [0.5, 0.6) is 0 Å². The molecule has 1 aromatic carbocycles. The second kappa shape index (κ2) is 6.52. The zero-order chi connectivity index (χ0) is 12.8. The molecule has 0 spiro atoms. The number of primary amides is 1. The molecule has 0 bridgehead atoms. The van der Waals surface area contributed by atoms with Gasteiger partial charge < -0.3 is 16.4 Å². The summed E-state index contributed by atoms with van der Waals surface area (Å²) in [5, 5.41) is 6.70. The standard InChI is InChI=1S/C14H21N3O/c15-14(18)13(9-11-5-2-1-3-6-11)17-12-7-4-8-16-10-12/h1-3,5-6,12-13,16-17H,4,7-10H2,(H2,15,18)/t12-,13+/m1/s1. The van der Waals surface area contributed by atoms with Crippen LogP contribution in [0.2, 0.25) is 0 Å². The van der Waals surface area contributed by atoms with Gasteiger partial charge in [0.25, 0.3) is 0 Å². The summed E-state index contributed by atoms with van der Waals surface area (Å²) in [6, 6.07) is 10.1. The average Bonchev–Trinajstić information content (AvgIpc) is 2.40. The highest BCUT2D eigenvalue weighted by atomic mass is 16.1. The largest absolute Gasteiger partial charge is 0.368 e. The first-order valence-electron chi connectivity index (χ1n) is 6.55. The molecule has 0 saturated carbocycles. The fraction of sp³-hybridized carbons (Fsp3) is 0.500. The van der Waals surface area contributed by atoms with E-state index in [1.54, 1.807) is 0 Å². The Hall–Kier alpha value is -1.39. The van der Waals surface area contributed by atoms with Crippen molar-refractivity contribution in [1.82, 2.24) is 10.6 Å². The van der Waals surface area contributed by atoms with Crippen molar-refractivity contribution in [3.63, 3.8) is 0 Å². The number of amides is 1. The summed E-state index contributed by atoms with van der Waals surface area (Å²) >= 11 is 0. The first-order chi connectivity index (χ1) is 8.75. The van der Waals surface area contributed by atoms with Crippen LogP contribution >= 0.6 is 0 Å². The molecule has 98 valence electrons. The van der Waals surface area contributed by atoms with Gasteiger partial charge in [-0.2, -0.15) is 0 Å². The van der Waals surface area contributed by atoms with E-state index in [4.69, 9.17) is 5.73 Å². The second-order valence-electron chi connectivity index (χ2n) is 4.85. The van der Waals surface area contributed by atoms with Gasteiger partial charge in [0, 0.05) is 12.6 Å². The minimum absolute atomic E-state index is 0.274. The normalized spacial score (nSPS) is 21.4. The fourth-order valence-corrected chi connectivity index (χ4v) is 2.37. The predicted octanol–water partition coefficient (Wildman–Crippen LogP) is 0.425. The van der Waals surface area contributed by atoms with E-state index in [0.29, 0.717) is 12.5 Å². The van der Waals surface area contributed by atoms with Crippen molar-refractivity contribution >= 4 is 5.91 Å². The van der Waals surface area contributed by atoms with Crippen molar-refractivity contribution in [2.75, 3.05) is 13.1 Å². The van der Waals surface area contributed by atoms with E-state index >= 15 is 0 Å². The number of hydrogen-bond acceptors (Lipinski definition) is 3. The molecule has 2 atom stereocenters. The number of rotatable bonds is 5. The third-order valence-electron chi connectivity index (χ3n) is 3.36. The first-order valence-corrected chi connectivity index (χ1v) is 6.55. The maximum atomic E-state index is 11.5. The second-order valence-corrected chi connectivity index (χ2v) is 4.85. The first kappa shape index (κ1) is 13.1. The Morgan fingerprint density at radius 3 is 2.83 bits per heavy atom. The van der Waals surface area contributed by atoms with Gasteiger partial charge in [0.2, 0.25) is 5.91 Å². The molecule has 1 aromatic rings. The van der Waals surface area contributed by atoms with Gasteiger partial charge in [-0.05, 0) is 31.4 Å². The van der Waals surface area contributed by atoms with Gasteiger partial charge in [-0.3, -0.25) is 4.79 Å². The summed E-state index contributed by atoms with van der Waals surface area (Å²) in [6.07, 6.45) is 2.91. The number of nitrogens with two attached hydrogens (primary N) is 1. The monoisotopic (exact) mass is 247 g/mol. The summed E-state index contributed by atoms with van der Waals surface area (Å²) in [7, 11) is 0. The molecule has 2 rings (SSSR count). The molecule has 18 heavy (non-hydrogen) atoms. The molecule has 0 aliphatic carbocycles. The summed E-state index contributed by atoms with van der Waals surface area (Å²) < 4.78 is 0. The van der Waals surface area contributed by atoms with Crippen LogP contribution in [0.3, 0.4) is 0 Å². The van der Waals surface area contributed by atoms with Gasteiger partial charge in [-0.25, -0.2) is 0 Å². The maximum Gasteiger partial charge on any atom is 0.234 e. The van der Waals surface area contributed by atoms with Crippen LogP contribution in [0.15, 0.2) is 30.3 Å². The van der Waals surface area contributed by atoms with Crippen molar-refractivity contribution < 1.29 is 4.79 Å². The molecule has 0 radical (unpaired) electrons. The Balaban J connectivity index is 1.93. The zero-order valence-corrected chi connectivity index (χ0v) is 10.6. The summed E-state index contributed by atoms with van der Waals surface area (Å²) in [4.78, 5) is 11.5. The van der Waals surface area contributed by atoms with E-state index in [0.717, 1.165) is 31.5 Å². The van der Waals surface area contributed by atoms with Gasteiger partial charge >= 0.3 is 0 Å².